The first kappa shape index (κ1) is 40.6. The van der Waals surface area contributed by atoms with Crippen molar-refractivity contribution in [2.75, 3.05) is 9.80 Å². The molecule has 0 bridgehead atoms. The summed E-state index contributed by atoms with van der Waals surface area (Å²) in [5, 5.41) is 3.73. The first-order valence-electron chi connectivity index (χ1n) is 25.0. The van der Waals surface area contributed by atoms with E-state index in [4.69, 9.17) is 0 Å². The normalized spacial score (nSPS) is 13.3. The predicted molar refractivity (Wildman–Crippen MR) is 304 cm³/mol. The van der Waals surface area contributed by atoms with Gasteiger partial charge in [0, 0.05) is 90.5 Å². The maximum absolute atomic E-state index is 2.54. The molecule has 336 valence electrons. The van der Waals surface area contributed by atoms with Crippen molar-refractivity contribution in [3.05, 3.63) is 266 Å². The summed E-state index contributed by atoms with van der Waals surface area (Å²) in [4.78, 5) is 5.08. The number of anilines is 6. The monoisotopic (exact) mass is 916 g/mol. The lowest BCUT2D eigenvalue weighted by Crippen LogP contribution is -2.61. The Hall–Kier alpha value is -9.32. The highest BCUT2D eigenvalue weighted by Crippen LogP contribution is 2.49. The number of rotatable bonds is 6. The van der Waals surface area contributed by atoms with Gasteiger partial charge in [0.2, 0.25) is 0 Å². The zero-order chi connectivity index (χ0) is 47.3. The molecule has 0 amide bonds. The molecular weight excluding hydrogens is 872 g/mol. The molecule has 0 radical (unpaired) electrons. The van der Waals surface area contributed by atoms with Crippen molar-refractivity contribution in [1.82, 2.24) is 9.13 Å². The molecule has 10 aromatic carbocycles. The van der Waals surface area contributed by atoms with Crippen LogP contribution in [-0.2, 0) is 6.42 Å². The van der Waals surface area contributed by atoms with Gasteiger partial charge in [0.1, 0.15) is 0 Å². The fourth-order valence-corrected chi connectivity index (χ4v) is 12.4. The van der Waals surface area contributed by atoms with Gasteiger partial charge in [-0.3, -0.25) is 0 Å². The topological polar surface area (TPSA) is 16.3 Å². The van der Waals surface area contributed by atoms with Gasteiger partial charge in [0.25, 0.3) is 6.71 Å². The van der Waals surface area contributed by atoms with Crippen LogP contribution < -0.4 is 26.2 Å². The Kier molecular flexibility index (Phi) is 9.08. The van der Waals surface area contributed by atoms with Crippen molar-refractivity contribution in [3.8, 4) is 33.6 Å². The van der Waals surface area contributed by atoms with E-state index in [0.29, 0.717) is 0 Å². The average Bonchev–Trinajstić information content (AvgIpc) is 3.82. The molecule has 0 saturated heterocycles. The van der Waals surface area contributed by atoms with E-state index >= 15 is 0 Å². The molecule has 0 fully saturated rings. The summed E-state index contributed by atoms with van der Waals surface area (Å²) in [7, 11) is 0. The zero-order valence-corrected chi connectivity index (χ0v) is 39.4. The van der Waals surface area contributed by atoms with Crippen LogP contribution in [0.3, 0.4) is 0 Å². The van der Waals surface area contributed by atoms with Gasteiger partial charge in [0.15, 0.2) is 0 Å². The summed E-state index contributed by atoms with van der Waals surface area (Å²) in [6.07, 6.45) is 9.80. The number of nitrogens with zero attached hydrogens (tertiary/aromatic N) is 4. The second-order valence-electron chi connectivity index (χ2n) is 19.1. The van der Waals surface area contributed by atoms with E-state index in [1.807, 2.05) is 0 Å². The number of hydrogen-bond acceptors (Lipinski definition) is 2. The Morgan fingerprint density at radius 2 is 0.847 bits per heavy atom. The lowest BCUT2D eigenvalue weighted by Gasteiger charge is -2.45. The SMILES string of the molecule is C1=CCc2c(c3cc(-c4cccc5c4N(c4ccccc4)c4cccc6c4B5c4cccc(-c5ccc7c(c5)c5ccccc5n7-c5ccccc5)c4N6c4ccccc4)ccc3n2-c2ccccc2)C=C1. The second kappa shape index (κ2) is 16.1. The molecule has 0 unspecified atom stereocenters. The molecule has 4 heterocycles. The van der Waals surface area contributed by atoms with Crippen LogP contribution in [0, 0.1) is 0 Å². The summed E-state index contributed by atoms with van der Waals surface area (Å²) >= 11 is 0. The van der Waals surface area contributed by atoms with Gasteiger partial charge in [0.05, 0.1) is 16.6 Å². The molecule has 3 aliphatic rings. The minimum atomic E-state index is -0.0575. The molecule has 12 aromatic rings. The third kappa shape index (κ3) is 6.01. The highest BCUT2D eigenvalue weighted by atomic mass is 15.2. The van der Waals surface area contributed by atoms with E-state index in [0.717, 1.165) is 23.5 Å². The molecule has 1 aliphatic carbocycles. The molecule has 5 heteroatoms. The summed E-state index contributed by atoms with van der Waals surface area (Å²) in [6, 6.07) is 87.5. The van der Waals surface area contributed by atoms with Gasteiger partial charge in [-0.2, -0.15) is 0 Å². The zero-order valence-electron chi connectivity index (χ0n) is 39.4. The second-order valence-corrected chi connectivity index (χ2v) is 19.1. The Labute approximate surface area is 419 Å². The Morgan fingerprint density at radius 3 is 1.44 bits per heavy atom. The van der Waals surface area contributed by atoms with Crippen LogP contribution in [0.25, 0.3) is 72.4 Å². The lowest BCUT2D eigenvalue weighted by atomic mass is 9.33. The molecule has 0 N–H and O–H groups in total. The van der Waals surface area contributed by atoms with Crippen molar-refractivity contribution in [1.29, 1.82) is 0 Å². The smallest absolute Gasteiger partial charge is 0.252 e. The van der Waals surface area contributed by atoms with Gasteiger partial charge in [-0.1, -0.05) is 170 Å². The first-order chi connectivity index (χ1) is 35.8. The summed E-state index contributed by atoms with van der Waals surface area (Å²) < 4.78 is 4.86. The highest BCUT2D eigenvalue weighted by molar-refractivity contribution is 7.00. The van der Waals surface area contributed by atoms with Crippen LogP contribution in [0.5, 0.6) is 0 Å². The van der Waals surface area contributed by atoms with Crippen LogP contribution in [0.15, 0.2) is 255 Å². The van der Waals surface area contributed by atoms with Gasteiger partial charge in [-0.25, -0.2) is 0 Å². The van der Waals surface area contributed by atoms with Gasteiger partial charge in [-0.15, -0.1) is 0 Å². The fourth-order valence-electron chi connectivity index (χ4n) is 12.4. The Morgan fingerprint density at radius 1 is 0.361 bits per heavy atom. The molecule has 0 atom stereocenters. The third-order valence-corrected chi connectivity index (χ3v) is 15.3. The molecule has 0 saturated carbocycles. The number of allylic oxidation sites excluding steroid dienone is 3. The van der Waals surface area contributed by atoms with Crippen LogP contribution in [-0.4, -0.2) is 15.8 Å². The fraction of sp³-hybridized carbons (Fsp3) is 0.0149. The maximum atomic E-state index is 2.54. The van der Waals surface area contributed by atoms with Crippen LogP contribution in [0.1, 0.15) is 11.3 Å². The van der Waals surface area contributed by atoms with Crippen LogP contribution in [0.4, 0.5) is 34.1 Å². The van der Waals surface area contributed by atoms with E-state index in [2.05, 4.69) is 280 Å². The number of fused-ring (bicyclic) bond motifs is 10. The minimum absolute atomic E-state index is 0.0575. The van der Waals surface area contributed by atoms with Crippen molar-refractivity contribution in [2.45, 2.75) is 6.42 Å². The van der Waals surface area contributed by atoms with Crippen LogP contribution in [0.2, 0.25) is 0 Å². The molecule has 2 aromatic heterocycles. The van der Waals surface area contributed by atoms with E-state index in [1.165, 1.54) is 111 Å². The minimum Gasteiger partial charge on any atom is -0.313 e. The van der Waals surface area contributed by atoms with E-state index in [-0.39, 0.29) is 6.71 Å². The van der Waals surface area contributed by atoms with Crippen molar-refractivity contribution in [3.63, 3.8) is 0 Å². The average molecular weight is 917 g/mol. The number of aromatic nitrogens is 2. The maximum Gasteiger partial charge on any atom is 0.252 e. The van der Waals surface area contributed by atoms with E-state index < -0.39 is 0 Å². The van der Waals surface area contributed by atoms with Crippen molar-refractivity contribution >= 4 is 96.0 Å². The van der Waals surface area contributed by atoms with Crippen molar-refractivity contribution in [2.24, 2.45) is 0 Å². The molecular formula is C67H45BN4. The largest absolute Gasteiger partial charge is 0.313 e. The quantitative estimate of drug-likeness (QED) is 0.155. The van der Waals surface area contributed by atoms with Crippen molar-refractivity contribution < 1.29 is 0 Å². The van der Waals surface area contributed by atoms with E-state index in [1.54, 1.807) is 0 Å². The predicted octanol–water partition coefficient (Wildman–Crippen LogP) is 15.3. The number of para-hydroxylation sites is 7. The third-order valence-electron chi connectivity index (χ3n) is 15.3. The summed E-state index contributed by atoms with van der Waals surface area (Å²) in [5.41, 5.74) is 24.2. The molecule has 15 rings (SSSR count). The lowest BCUT2D eigenvalue weighted by molar-refractivity contribution is 1.00. The molecule has 72 heavy (non-hydrogen) atoms. The molecule has 4 nitrogen and oxygen atoms in total. The van der Waals surface area contributed by atoms with Gasteiger partial charge in [-0.05, 0) is 119 Å². The number of hydrogen-bond donors (Lipinski definition) is 0. The number of benzene rings is 10. The Balaban J connectivity index is 0.986. The Bertz CT molecular complexity index is 4190. The summed E-state index contributed by atoms with van der Waals surface area (Å²) in [6.45, 7) is -0.0575. The van der Waals surface area contributed by atoms with E-state index in [9.17, 15) is 0 Å². The first-order valence-corrected chi connectivity index (χ1v) is 25.0. The van der Waals surface area contributed by atoms with Gasteiger partial charge < -0.3 is 18.9 Å². The van der Waals surface area contributed by atoms with Crippen LogP contribution >= 0.6 is 0 Å². The molecule has 2 aliphatic heterocycles. The highest BCUT2D eigenvalue weighted by Gasteiger charge is 2.44. The van der Waals surface area contributed by atoms with Gasteiger partial charge >= 0.3 is 0 Å². The molecule has 0 spiro atoms. The standard InChI is InChI=1S/C67H45BN4/c1-6-21-47(22-7-1)69-59-35-15-5-14-29-53(59)55-43-45(39-41-61(55)69)51-31-18-33-57-66(51)71(49-25-10-3-11-26-49)63-37-20-38-64-65(63)68(57)58-34-19-32-52(67(58)72(64)50-27-12-4-13-28-50)46-40-42-62-56(44-46)54-30-16-17-36-60(54)70(62)48-23-8-2-9-24-48/h1-34,36-44H,35H2. The summed E-state index contributed by atoms with van der Waals surface area (Å²) in [5.74, 6) is 0.